The highest BCUT2D eigenvalue weighted by molar-refractivity contribution is 5.74. The van der Waals surface area contributed by atoms with Crippen LogP contribution in [0.1, 0.15) is 39.1 Å². The molecule has 1 amide bonds. The summed E-state index contributed by atoms with van der Waals surface area (Å²) in [4.78, 5) is 11.8. The van der Waals surface area contributed by atoms with Crippen molar-refractivity contribution < 1.29 is 27.3 Å². The highest BCUT2D eigenvalue weighted by atomic mass is 19.4. The van der Waals surface area contributed by atoms with Crippen molar-refractivity contribution >= 4 is 17.1 Å². The van der Waals surface area contributed by atoms with Crippen LogP contribution in [0.5, 0.6) is 0 Å². The third-order valence-corrected chi connectivity index (χ3v) is 3.76. The first-order chi connectivity index (χ1) is 11.4. The van der Waals surface area contributed by atoms with Crippen molar-refractivity contribution in [3.63, 3.8) is 0 Å². The first-order valence-electron chi connectivity index (χ1n) is 7.99. The molecule has 5 nitrogen and oxygen atoms in total. The lowest BCUT2D eigenvalue weighted by Gasteiger charge is -2.19. The van der Waals surface area contributed by atoms with Gasteiger partial charge in [-0.2, -0.15) is 13.2 Å². The molecule has 2 rings (SSSR count). The average Bonchev–Trinajstić information content (AvgIpc) is 2.74. The van der Waals surface area contributed by atoms with Crippen LogP contribution in [-0.4, -0.2) is 16.3 Å². The van der Waals surface area contributed by atoms with Gasteiger partial charge in [-0.15, -0.1) is 0 Å². The van der Waals surface area contributed by atoms with Crippen molar-refractivity contribution in [2.24, 2.45) is 7.05 Å². The van der Waals surface area contributed by atoms with Crippen molar-refractivity contribution in [1.29, 1.82) is 0 Å². The van der Waals surface area contributed by atoms with Crippen molar-refractivity contribution in [3.8, 4) is 0 Å². The molecular formula is C17H23F3N3O2+. The number of alkyl halides is 3. The molecule has 0 aliphatic heterocycles. The highest BCUT2D eigenvalue weighted by Crippen LogP contribution is 2.31. The molecule has 8 heteroatoms. The Kier molecular flexibility index (Phi) is 5.02. The maximum absolute atomic E-state index is 13.0. The Bertz CT molecular complexity index is 789. The number of aryl methyl sites for hydroxylation is 2. The lowest BCUT2D eigenvalue weighted by molar-refractivity contribution is -0.654. The predicted molar refractivity (Wildman–Crippen MR) is 86.9 cm³/mol. The first-order valence-corrected chi connectivity index (χ1v) is 7.99. The van der Waals surface area contributed by atoms with E-state index < -0.39 is 23.4 Å². The Morgan fingerprint density at radius 3 is 2.44 bits per heavy atom. The van der Waals surface area contributed by atoms with E-state index in [4.69, 9.17) is 4.74 Å². The van der Waals surface area contributed by atoms with Gasteiger partial charge in [0.25, 0.3) is 5.82 Å². The van der Waals surface area contributed by atoms with E-state index in [9.17, 15) is 18.0 Å². The Hall–Kier alpha value is -2.25. The molecule has 25 heavy (non-hydrogen) atoms. The summed E-state index contributed by atoms with van der Waals surface area (Å²) in [6.07, 6.45) is -4.97. The van der Waals surface area contributed by atoms with Gasteiger partial charge in [-0.1, -0.05) is 0 Å². The van der Waals surface area contributed by atoms with E-state index in [0.29, 0.717) is 23.4 Å². The second kappa shape index (κ2) is 6.57. The number of aromatic nitrogens is 2. The van der Waals surface area contributed by atoms with Gasteiger partial charge in [0.1, 0.15) is 12.1 Å². The quantitative estimate of drug-likeness (QED) is 0.854. The van der Waals surface area contributed by atoms with Crippen LogP contribution >= 0.6 is 0 Å². The van der Waals surface area contributed by atoms with Crippen LogP contribution in [0.15, 0.2) is 18.2 Å². The number of alkyl carbamates (subject to hydrolysis) is 1. The zero-order valence-electron chi connectivity index (χ0n) is 15.0. The molecule has 0 saturated heterocycles. The minimum Gasteiger partial charge on any atom is -0.444 e. The topological polar surface area (TPSA) is 47.1 Å². The van der Waals surface area contributed by atoms with E-state index >= 15 is 0 Å². The molecule has 2 aromatic rings. The molecule has 1 N–H and O–H groups in total. The summed E-state index contributed by atoms with van der Waals surface area (Å²) in [5.41, 5.74) is -0.179. The van der Waals surface area contributed by atoms with Crippen molar-refractivity contribution in [3.05, 3.63) is 29.6 Å². The number of ether oxygens (including phenoxy) is 1. The van der Waals surface area contributed by atoms with E-state index in [1.165, 1.54) is 6.07 Å². The number of rotatable bonds is 3. The van der Waals surface area contributed by atoms with Gasteiger partial charge in [0.15, 0.2) is 11.0 Å². The van der Waals surface area contributed by atoms with Crippen molar-refractivity contribution in [2.45, 2.75) is 52.6 Å². The fraction of sp³-hybridized carbons (Fsp3) is 0.529. The number of imidazole rings is 1. The Morgan fingerprint density at radius 2 is 1.92 bits per heavy atom. The summed E-state index contributed by atoms with van der Waals surface area (Å²) in [5, 5.41) is 2.65. The maximum Gasteiger partial charge on any atom is 0.416 e. The van der Waals surface area contributed by atoms with Gasteiger partial charge in [-0.25, -0.2) is 13.9 Å². The van der Waals surface area contributed by atoms with E-state index in [1.54, 1.807) is 37.0 Å². The summed E-state index contributed by atoms with van der Waals surface area (Å²) in [7, 11) is 1.76. The largest absolute Gasteiger partial charge is 0.444 e. The lowest BCUT2D eigenvalue weighted by Crippen LogP contribution is -2.39. The van der Waals surface area contributed by atoms with E-state index in [2.05, 4.69) is 5.32 Å². The second-order valence-corrected chi connectivity index (χ2v) is 6.78. The van der Waals surface area contributed by atoms with Crippen LogP contribution in [0.3, 0.4) is 0 Å². The smallest absolute Gasteiger partial charge is 0.416 e. The van der Waals surface area contributed by atoms with Crippen molar-refractivity contribution in [2.75, 3.05) is 0 Å². The summed E-state index contributed by atoms with van der Waals surface area (Å²) in [6, 6.07) is 3.64. The maximum atomic E-state index is 13.0. The molecule has 138 valence electrons. The number of benzene rings is 1. The Balaban J connectivity index is 2.37. The third-order valence-electron chi connectivity index (χ3n) is 3.76. The molecule has 0 spiro atoms. The number of fused-ring (bicyclic) bond motifs is 1. The molecule has 0 saturated carbocycles. The fourth-order valence-electron chi connectivity index (χ4n) is 2.69. The molecule has 0 aliphatic rings. The van der Waals surface area contributed by atoms with E-state index in [1.807, 2.05) is 6.92 Å². The SMILES string of the molecule is CCn1c(CNC(=O)OC(C)(C)C)[n+](C)c2ccc(C(F)(F)F)cc21. The number of amides is 1. The minimum absolute atomic E-state index is 0.148. The Morgan fingerprint density at radius 1 is 1.28 bits per heavy atom. The number of hydrogen-bond donors (Lipinski definition) is 1. The van der Waals surface area contributed by atoms with Gasteiger partial charge in [0.2, 0.25) is 0 Å². The molecule has 1 aromatic heterocycles. The van der Waals surface area contributed by atoms with Gasteiger partial charge in [0, 0.05) is 6.07 Å². The number of nitrogens with zero attached hydrogens (tertiary/aromatic N) is 2. The molecule has 0 atom stereocenters. The average molecular weight is 358 g/mol. The molecule has 1 heterocycles. The zero-order valence-corrected chi connectivity index (χ0v) is 15.0. The van der Waals surface area contributed by atoms with Gasteiger partial charge in [-0.05, 0) is 39.8 Å². The Labute approximate surface area is 144 Å². The molecular weight excluding hydrogens is 335 g/mol. The molecule has 0 fully saturated rings. The number of carbonyl (C=O) groups excluding carboxylic acids is 1. The first kappa shape index (κ1) is 19.1. The summed E-state index contributed by atoms with van der Waals surface area (Å²) in [6.45, 7) is 7.74. The molecule has 0 unspecified atom stereocenters. The number of halogens is 3. The van der Waals surface area contributed by atoms with E-state index in [0.717, 1.165) is 12.1 Å². The molecule has 0 aliphatic carbocycles. The van der Waals surface area contributed by atoms with Gasteiger partial charge >= 0.3 is 12.3 Å². The van der Waals surface area contributed by atoms with Gasteiger partial charge < -0.3 is 10.1 Å². The predicted octanol–water partition coefficient (Wildman–Crippen LogP) is 3.53. The van der Waals surface area contributed by atoms with Gasteiger partial charge in [-0.3, -0.25) is 0 Å². The van der Waals surface area contributed by atoms with Crippen LogP contribution in [0, 0.1) is 0 Å². The monoisotopic (exact) mass is 358 g/mol. The highest BCUT2D eigenvalue weighted by Gasteiger charge is 2.33. The van der Waals surface area contributed by atoms with E-state index in [-0.39, 0.29) is 6.54 Å². The molecule has 0 radical (unpaired) electrons. The second-order valence-electron chi connectivity index (χ2n) is 6.78. The van der Waals surface area contributed by atoms with Crippen LogP contribution in [-0.2, 0) is 31.1 Å². The van der Waals surface area contributed by atoms with Crippen molar-refractivity contribution in [1.82, 2.24) is 9.88 Å². The summed E-state index contributed by atoms with van der Waals surface area (Å²) < 4.78 is 47.7. The molecule has 0 bridgehead atoms. The normalized spacial score (nSPS) is 12.5. The standard InChI is InChI=1S/C17H22F3N3O2/c1-6-23-13-9-11(17(18,19)20)7-8-12(13)22(5)14(23)10-21-15(24)25-16(2,3)4/h7-9H,6,10H2,1-5H3/p+1. The van der Waals surface area contributed by atoms with Crippen LogP contribution in [0.25, 0.3) is 11.0 Å². The van der Waals surface area contributed by atoms with Crippen LogP contribution < -0.4 is 9.88 Å². The van der Waals surface area contributed by atoms with Crippen LogP contribution in [0.2, 0.25) is 0 Å². The molecule has 1 aromatic carbocycles. The summed E-state index contributed by atoms with van der Waals surface area (Å²) >= 11 is 0. The zero-order chi connectivity index (χ0) is 19.0. The lowest BCUT2D eigenvalue weighted by atomic mass is 10.2. The third kappa shape index (κ3) is 4.24. The van der Waals surface area contributed by atoms with Crippen LogP contribution in [0.4, 0.5) is 18.0 Å². The minimum atomic E-state index is -4.40. The summed E-state index contributed by atoms with van der Waals surface area (Å²) in [5.74, 6) is 0.683. The van der Waals surface area contributed by atoms with Gasteiger partial charge in [0.05, 0.1) is 19.2 Å². The number of nitrogens with one attached hydrogen (secondary N) is 1. The number of hydrogen-bond acceptors (Lipinski definition) is 2. The number of carbonyl (C=O) groups is 1. The fourth-order valence-corrected chi connectivity index (χ4v) is 2.69.